The third-order valence-corrected chi connectivity index (χ3v) is 9.93. The molecule has 0 amide bonds. The van der Waals surface area contributed by atoms with Crippen molar-refractivity contribution in [3.05, 3.63) is 102 Å². The van der Waals surface area contributed by atoms with Gasteiger partial charge in [-0.15, -0.1) is 11.3 Å². The molecular formula is C28H23F2SSi. The third-order valence-electron chi connectivity index (χ3n) is 6.11. The molecule has 0 unspecified atom stereocenters. The predicted molar refractivity (Wildman–Crippen MR) is 136 cm³/mol. The molecule has 4 aromatic carbocycles. The summed E-state index contributed by atoms with van der Waals surface area (Å²) in [5, 5.41) is 5.45. The Labute approximate surface area is 192 Å². The zero-order valence-corrected chi connectivity index (χ0v) is 19.9. The van der Waals surface area contributed by atoms with Crippen molar-refractivity contribution in [3.63, 3.8) is 0 Å². The van der Waals surface area contributed by atoms with Crippen LogP contribution >= 0.6 is 11.3 Å². The molecule has 159 valence electrons. The number of thiophene rings is 1. The second-order valence-corrected chi connectivity index (χ2v) is 11.6. The summed E-state index contributed by atoms with van der Waals surface area (Å²) >= 11 is 1.78. The van der Waals surface area contributed by atoms with Crippen molar-refractivity contribution in [1.82, 2.24) is 0 Å². The van der Waals surface area contributed by atoms with Gasteiger partial charge < -0.3 is 0 Å². The van der Waals surface area contributed by atoms with Crippen LogP contribution in [-0.4, -0.2) is 8.80 Å². The zero-order valence-electron chi connectivity index (χ0n) is 18.1. The minimum absolute atomic E-state index is 0.180. The molecule has 0 saturated carbocycles. The van der Waals surface area contributed by atoms with Crippen molar-refractivity contribution in [1.29, 1.82) is 0 Å². The average Bonchev–Trinajstić information content (AvgIpc) is 3.18. The van der Waals surface area contributed by atoms with Gasteiger partial charge in [0.1, 0.15) is 11.6 Å². The second-order valence-electron chi connectivity index (χ2n) is 8.00. The average molecular weight is 458 g/mol. The van der Waals surface area contributed by atoms with Gasteiger partial charge in [0, 0.05) is 20.2 Å². The Bertz CT molecular complexity index is 1380. The molecule has 1 aromatic heterocycles. The molecule has 1 heterocycles. The Kier molecular flexibility index (Phi) is 5.66. The minimum Gasteiger partial charge on any atom is -0.207 e. The molecular weight excluding hydrogens is 434 g/mol. The first kappa shape index (κ1) is 21.0. The fraction of sp³-hybridized carbons (Fsp3) is 0.143. The molecule has 0 nitrogen and oxygen atoms in total. The van der Waals surface area contributed by atoms with Crippen molar-refractivity contribution in [2.24, 2.45) is 0 Å². The maximum absolute atomic E-state index is 14.8. The number of rotatable bonds is 5. The van der Waals surface area contributed by atoms with E-state index < -0.39 is 8.80 Å². The lowest BCUT2D eigenvalue weighted by Crippen LogP contribution is -2.52. The van der Waals surface area contributed by atoms with Gasteiger partial charge in [-0.05, 0) is 63.8 Å². The van der Waals surface area contributed by atoms with E-state index in [9.17, 15) is 8.78 Å². The van der Waals surface area contributed by atoms with Gasteiger partial charge >= 0.3 is 0 Å². The molecule has 0 saturated heterocycles. The van der Waals surface area contributed by atoms with Gasteiger partial charge in [0.05, 0.1) is 0 Å². The maximum Gasteiger partial charge on any atom is 0.154 e. The molecule has 0 aliphatic rings. The Hall–Kier alpha value is -2.82. The predicted octanol–water partition coefficient (Wildman–Crippen LogP) is 5.97. The SMILES string of the molecule is CCc1ccc([Si](c2ccc(CC)c(F)c2)c2ccc3sc4ccccc4c3c2)cc1F. The van der Waals surface area contributed by atoms with Gasteiger partial charge in [0.25, 0.3) is 0 Å². The first-order valence-corrected chi connectivity index (χ1v) is 13.3. The van der Waals surface area contributed by atoms with Crippen LogP contribution in [0.2, 0.25) is 0 Å². The molecule has 0 aliphatic heterocycles. The number of hydrogen-bond donors (Lipinski definition) is 0. The van der Waals surface area contributed by atoms with Crippen LogP contribution in [0.1, 0.15) is 25.0 Å². The summed E-state index contributed by atoms with van der Waals surface area (Å²) in [7, 11) is -1.58. The van der Waals surface area contributed by atoms with Gasteiger partial charge in [-0.25, -0.2) is 8.78 Å². The number of halogens is 2. The molecule has 0 atom stereocenters. The first-order chi connectivity index (χ1) is 15.6. The largest absolute Gasteiger partial charge is 0.207 e. The van der Waals surface area contributed by atoms with Crippen molar-refractivity contribution in [2.75, 3.05) is 0 Å². The second kappa shape index (κ2) is 8.61. The van der Waals surface area contributed by atoms with Crippen LogP contribution in [0.3, 0.4) is 0 Å². The van der Waals surface area contributed by atoms with Gasteiger partial charge in [0.2, 0.25) is 0 Å². The van der Waals surface area contributed by atoms with Crippen molar-refractivity contribution in [2.45, 2.75) is 26.7 Å². The lowest BCUT2D eigenvalue weighted by atomic mass is 10.1. The van der Waals surface area contributed by atoms with Crippen LogP contribution in [-0.2, 0) is 12.8 Å². The van der Waals surface area contributed by atoms with Crippen LogP contribution in [0.25, 0.3) is 20.2 Å². The first-order valence-electron chi connectivity index (χ1n) is 10.9. The Balaban J connectivity index is 1.73. The Morgan fingerprint density at radius 2 is 1.16 bits per heavy atom. The van der Waals surface area contributed by atoms with E-state index in [1.54, 1.807) is 23.5 Å². The lowest BCUT2D eigenvalue weighted by Gasteiger charge is -2.18. The van der Waals surface area contributed by atoms with E-state index >= 15 is 0 Å². The summed E-state index contributed by atoms with van der Waals surface area (Å²) in [4.78, 5) is 0. The third kappa shape index (κ3) is 3.68. The number of hydrogen-bond acceptors (Lipinski definition) is 1. The fourth-order valence-electron chi connectivity index (χ4n) is 4.36. The number of aryl methyl sites for hydroxylation is 2. The molecule has 4 heteroatoms. The van der Waals surface area contributed by atoms with E-state index in [0.29, 0.717) is 24.0 Å². The lowest BCUT2D eigenvalue weighted by molar-refractivity contribution is 0.613. The molecule has 0 aliphatic carbocycles. The topological polar surface area (TPSA) is 0 Å². The van der Waals surface area contributed by atoms with E-state index in [-0.39, 0.29) is 11.6 Å². The Morgan fingerprint density at radius 1 is 0.625 bits per heavy atom. The molecule has 1 radical (unpaired) electrons. The highest BCUT2D eigenvalue weighted by atomic mass is 32.1. The molecule has 0 spiro atoms. The van der Waals surface area contributed by atoms with E-state index in [1.165, 1.54) is 20.2 Å². The highest BCUT2D eigenvalue weighted by Crippen LogP contribution is 2.32. The molecule has 5 rings (SSSR count). The minimum atomic E-state index is -1.58. The summed E-state index contributed by atoms with van der Waals surface area (Å²) in [5.41, 5.74) is 1.42. The van der Waals surface area contributed by atoms with E-state index in [4.69, 9.17) is 0 Å². The quantitative estimate of drug-likeness (QED) is 0.225. The van der Waals surface area contributed by atoms with E-state index in [2.05, 4.69) is 42.5 Å². The van der Waals surface area contributed by atoms with Gasteiger partial charge in [-0.3, -0.25) is 0 Å². The summed E-state index contributed by atoms with van der Waals surface area (Å²) in [6, 6.07) is 26.1. The Morgan fingerprint density at radius 3 is 1.75 bits per heavy atom. The van der Waals surface area contributed by atoms with Gasteiger partial charge in [0.15, 0.2) is 8.80 Å². The molecule has 32 heavy (non-hydrogen) atoms. The highest BCUT2D eigenvalue weighted by molar-refractivity contribution is 7.25. The maximum atomic E-state index is 14.8. The normalized spacial score (nSPS) is 11.7. The van der Waals surface area contributed by atoms with Crippen LogP contribution in [0.15, 0.2) is 78.9 Å². The van der Waals surface area contributed by atoms with Gasteiger partial charge in [-0.1, -0.05) is 68.4 Å². The monoisotopic (exact) mass is 457 g/mol. The molecule has 0 N–H and O–H groups in total. The summed E-state index contributed by atoms with van der Waals surface area (Å²) in [6.45, 7) is 3.91. The smallest absolute Gasteiger partial charge is 0.154 e. The zero-order chi connectivity index (χ0) is 22.2. The number of benzene rings is 4. The highest BCUT2D eigenvalue weighted by Gasteiger charge is 2.23. The summed E-state index contributed by atoms with van der Waals surface area (Å²) in [6.07, 6.45) is 1.31. The summed E-state index contributed by atoms with van der Waals surface area (Å²) in [5.74, 6) is -0.361. The standard InChI is InChI=1S/C28H23F2SSi/c1-3-18-9-11-21(16-25(18)29)32(22-12-10-19(4-2)26(30)17-22)20-13-14-28-24(15-20)23-7-5-6-8-27(23)31-28/h5-17H,3-4H2,1-2H3. The van der Waals surface area contributed by atoms with Crippen molar-refractivity contribution >= 4 is 55.9 Å². The van der Waals surface area contributed by atoms with E-state index in [0.717, 1.165) is 15.6 Å². The van der Waals surface area contributed by atoms with Crippen LogP contribution in [0.5, 0.6) is 0 Å². The van der Waals surface area contributed by atoms with Crippen molar-refractivity contribution in [3.8, 4) is 0 Å². The number of fused-ring (bicyclic) bond motifs is 3. The van der Waals surface area contributed by atoms with Crippen LogP contribution < -0.4 is 15.6 Å². The van der Waals surface area contributed by atoms with Crippen LogP contribution in [0, 0.1) is 11.6 Å². The van der Waals surface area contributed by atoms with Crippen molar-refractivity contribution < 1.29 is 8.78 Å². The summed E-state index contributed by atoms with van der Waals surface area (Å²) < 4.78 is 32.1. The van der Waals surface area contributed by atoms with Gasteiger partial charge in [-0.2, -0.15) is 0 Å². The molecule has 0 bridgehead atoms. The van der Waals surface area contributed by atoms with Crippen LogP contribution in [0.4, 0.5) is 8.78 Å². The molecule has 0 fully saturated rings. The fourth-order valence-corrected chi connectivity index (χ4v) is 8.03. The molecule has 5 aromatic rings. The van der Waals surface area contributed by atoms with E-state index in [1.807, 2.05) is 38.1 Å².